The Balaban J connectivity index is 1.76. The molecule has 102 valence electrons. The molecule has 2 N–H and O–H groups in total. The lowest BCUT2D eigenvalue weighted by Crippen LogP contribution is -2.27. The topological polar surface area (TPSA) is 41.1 Å². The minimum atomic E-state index is -0.291. The smallest absolute Gasteiger partial charge is 0.246 e. The first kappa shape index (κ1) is 13.2. The summed E-state index contributed by atoms with van der Waals surface area (Å²) in [5, 5.41) is 6.91. The Bertz CT molecular complexity index is 652. The van der Waals surface area contributed by atoms with Crippen molar-refractivity contribution in [1.82, 2.24) is 5.32 Å². The van der Waals surface area contributed by atoms with Crippen molar-refractivity contribution < 1.29 is 4.79 Å². The molecule has 1 aliphatic heterocycles. The van der Waals surface area contributed by atoms with E-state index in [1.807, 2.05) is 49.4 Å². The molecule has 3 rings (SSSR count). The minimum absolute atomic E-state index is 0.000404. The number of anilines is 1. The maximum Gasteiger partial charge on any atom is 0.246 e. The van der Waals surface area contributed by atoms with E-state index in [0.717, 1.165) is 22.4 Å². The number of carbonyl (C=O) groups excluding carboxylic acids is 1. The quantitative estimate of drug-likeness (QED) is 0.907. The Labute approximate surface area is 123 Å². The Morgan fingerprint density at radius 3 is 2.70 bits per heavy atom. The van der Waals surface area contributed by atoms with Gasteiger partial charge in [0.2, 0.25) is 5.91 Å². The molecule has 0 aliphatic carbocycles. The van der Waals surface area contributed by atoms with Crippen molar-refractivity contribution in [2.45, 2.75) is 19.5 Å². The Hall–Kier alpha value is -1.84. The molecule has 0 saturated carbocycles. The van der Waals surface area contributed by atoms with Crippen LogP contribution in [-0.4, -0.2) is 5.91 Å². The molecule has 0 fully saturated rings. The number of nitrogens with one attached hydrogen (secondary N) is 2. The first-order chi connectivity index (χ1) is 9.63. The molecule has 1 aliphatic rings. The maximum absolute atomic E-state index is 12.0. The monoisotopic (exact) mass is 286 g/mol. The fourth-order valence-corrected chi connectivity index (χ4v) is 2.53. The average Bonchev–Trinajstić information content (AvgIpc) is 2.73. The molecule has 1 unspecified atom stereocenters. The normalized spacial score (nSPS) is 16.9. The van der Waals surface area contributed by atoms with Gasteiger partial charge in [-0.1, -0.05) is 41.4 Å². The van der Waals surface area contributed by atoms with E-state index in [4.69, 9.17) is 11.6 Å². The predicted octanol–water partition coefficient (Wildman–Crippen LogP) is 3.43. The first-order valence-corrected chi connectivity index (χ1v) is 6.90. The summed E-state index contributed by atoms with van der Waals surface area (Å²) in [7, 11) is 0. The van der Waals surface area contributed by atoms with Crippen LogP contribution in [0.15, 0.2) is 42.5 Å². The standard InChI is InChI=1S/C16H15ClN2O/c1-10-2-7-14-13(8-10)15(16(20)19-14)18-9-11-3-5-12(17)6-4-11/h2-8,15,18H,9H2,1H3,(H,19,20). The lowest BCUT2D eigenvalue weighted by Gasteiger charge is -2.12. The molecule has 0 saturated heterocycles. The van der Waals surface area contributed by atoms with Gasteiger partial charge in [-0.05, 0) is 30.7 Å². The highest BCUT2D eigenvalue weighted by atomic mass is 35.5. The minimum Gasteiger partial charge on any atom is -0.324 e. The number of rotatable bonds is 3. The number of aryl methyl sites for hydroxylation is 1. The van der Waals surface area contributed by atoms with Crippen LogP contribution in [0.1, 0.15) is 22.7 Å². The van der Waals surface area contributed by atoms with Crippen molar-refractivity contribution in [1.29, 1.82) is 0 Å². The van der Waals surface area contributed by atoms with Crippen molar-refractivity contribution in [2.75, 3.05) is 5.32 Å². The van der Waals surface area contributed by atoms with Gasteiger partial charge in [-0.25, -0.2) is 0 Å². The van der Waals surface area contributed by atoms with E-state index in [1.165, 1.54) is 0 Å². The third kappa shape index (κ3) is 2.55. The van der Waals surface area contributed by atoms with Crippen molar-refractivity contribution in [3.63, 3.8) is 0 Å². The molecule has 0 radical (unpaired) electrons. The van der Waals surface area contributed by atoms with E-state index in [2.05, 4.69) is 10.6 Å². The van der Waals surface area contributed by atoms with Crippen molar-refractivity contribution in [3.05, 3.63) is 64.2 Å². The van der Waals surface area contributed by atoms with Crippen LogP contribution < -0.4 is 10.6 Å². The summed E-state index contributed by atoms with van der Waals surface area (Å²) in [5.74, 6) is -0.000404. The van der Waals surface area contributed by atoms with Gasteiger partial charge < -0.3 is 5.32 Å². The third-order valence-electron chi connectivity index (χ3n) is 3.46. The molecule has 4 heteroatoms. The SMILES string of the molecule is Cc1ccc2c(c1)C(NCc1ccc(Cl)cc1)C(=O)N2. The van der Waals surface area contributed by atoms with E-state index in [0.29, 0.717) is 11.6 Å². The van der Waals surface area contributed by atoms with Crippen LogP contribution in [0.2, 0.25) is 5.02 Å². The number of hydrogen-bond acceptors (Lipinski definition) is 2. The maximum atomic E-state index is 12.0. The summed E-state index contributed by atoms with van der Waals surface area (Å²) >= 11 is 5.86. The van der Waals surface area contributed by atoms with Gasteiger partial charge in [0.05, 0.1) is 0 Å². The van der Waals surface area contributed by atoms with Crippen LogP contribution in [-0.2, 0) is 11.3 Å². The number of carbonyl (C=O) groups is 1. The van der Waals surface area contributed by atoms with Gasteiger partial charge in [0, 0.05) is 22.8 Å². The van der Waals surface area contributed by atoms with Crippen molar-refractivity contribution in [2.24, 2.45) is 0 Å². The second kappa shape index (κ2) is 5.27. The molecule has 20 heavy (non-hydrogen) atoms. The fourth-order valence-electron chi connectivity index (χ4n) is 2.41. The average molecular weight is 287 g/mol. The van der Waals surface area contributed by atoms with Crippen LogP contribution in [0.25, 0.3) is 0 Å². The highest BCUT2D eigenvalue weighted by Crippen LogP contribution is 2.31. The molecule has 3 nitrogen and oxygen atoms in total. The molecular formula is C16H15ClN2O. The number of amides is 1. The molecule has 0 spiro atoms. The zero-order chi connectivity index (χ0) is 14.1. The van der Waals surface area contributed by atoms with Crippen LogP contribution >= 0.6 is 11.6 Å². The zero-order valence-corrected chi connectivity index (χ0v) is 11.9. The Morgan fingerprint density at radius 2 is 1.95 bits per heavy atom. The second-order valence-corrected chi connectivity index (χ2v) is 5.46. The Kier molecular flexibility index (Phi) is 3.47. The molecule has 2 aromatic rings. The van der Waals surface area contributed by atoms with E-state index in [9.17, 15) is 4.79 Å². The summed E-state index contributed by atoms with van der Waals surface area (Å²) in [4.78, 5) is 12.0. The van der Waals surface area contributed by atoms with Gasteiger partial charge in [-0.3, -0.25) is 10.1 Å². The second-order valence-electron chi connectivity index (χ2n) is 5.02. The highest BCUT2D eigenvalue weighted by Gasteiger charge is 2.29. The lowest BCUT2D eigenvalue weighted by atomic mass is 10.1. The summed E-state index contributed by atoms with van der Waals surface area (Å²) < 4.78 is 0. The van der Waals surface area contributed by atoms with Gasteiger partial charge in [0.15, 0.2) is 0 Å². The predicted molar refractivity (Wildman–Crippen MR) is 80.8 cm³/mol. The van der Waals surface area contributed by atoms with Gasteiger partial charge in [0.25, 0.3) is 0 Å². The van der Waals surface area contributed by atoms with E-state index >= 15 is 0 Å². The summed E-state index contributed by atoms with van der Waals surface area (Å²) in [6, 6.07) is 13.3. The summed E-state index contributed by atoms with van der Waals surface area (Å²) in [6.45, 7) is 2.65. The highest BCUT2D eigenvalue weighted by molar-refractivity contribution is 6.30. The molecule has 1 atom stereocenters. The van der Waals surface area contributed by atoms with Gasteiger partial charge >= 0.3 is 0 Å². The van der Waals surface area contributed by atoms with Gasteiger partial charge in [-0.15, -0.1) is 0 Å². The summed E-state index contributed by atoms with van der Waals surface area (Å²) in [6.07, 6.45) is 0. The zero-order valence-electron chi connectivity index (χ0n) is 11.1. The molecule has 0 bridgehead atoms. The molecule has 1 heterocycles. The first-order valence-electron chi connectivity index (χ1n) is 6.53. The fraction of sp³-hybridized carbons (Fsp3) is 0.188. The van der Waals surface area contributed by atoms with Gasteiger partial charge in [-0.2, -0.15) is 0 Å². The van der Waals surface area contributed by atoms with Crippen molar-refractivity contribution in [3.8, 4) is 0 Å². The van der Waals surface area contributed by atoms with E-state index in [1.54, 1.807) is 0 Å². The lowest BCUT2D eigenvalue weighted by molar-refractivity contribution is -0.117. The van der Waals surface area contributed by atoms with E-state index in [-0.39, 0.29) is 11.9 Å². The van der Waals surface area contributed by atoms with Crippen LogP contribution in [0, 0.1) is 6.92 Å². The van der Waals surface area contributed by atoms with Crippen LogP contribution in [0.5, 0.6) is 0 Å². The molecule has 1 amide bonds. The van der Waals surface area contributed by atoms with Gasteiger partial charge in [0.1, 0.15) is 6.04 Å². The largest absolute Gasteiger partial charge is 0.324 e. The molecular weight excluding hydrogens is 272 g/mol. The molecule has 0 aromatic heterocycles. The number of hydrogen-bond donors (Lipinski definition) is 2. The van der Waals surface area contributed by atoms with Crippen LogP contribution in [0.3, 0.4) is 0 Å². The van der Waals surface area contributed by atoms with Crippen LogP contribution in [0.4, 0.5) is 5.69 Å². The Morgan fingerprint density at radius 1 is 1.20 bits per heavy atom. The molecule has 2 aromatic carbocycles. The third-order valence-corrected chi connectivity index (χ3v) is 3.71. The number of fused-ring (bicyclic) bond motifs is 1. The summed E-state index contributed by atoms with van der Waals surface area (Å²) in [5.41, 5.74) is 4.17. The number of halogens is 1. The van der Waals surface area contributed by atoms with E-state index < -0.39 is 0 Å². The number of benzene rings is 2. The van der Waals surface area contributed by atoms with Crippen molar-refractivity contribution >= 4 is 23.2 Å².